The third kappa shape index (κ3) is 5.18. The second-order valence-electron chi connectivity index (χ2n) is 15.7. The molecule has 2 heteroatoms. The summed E-state index contributed by atoms with van der Waals surface area (Å²) < 4.78 is 2.47. The SMILES string of the molecule is CC1(C)c2ccccc2-c2ccc(N(c3ccc4c5ccccc5n(-c5ccccc5-c5ccccc5)c4c3)c3ccc4ccccc4c3-c3ccccc3)cc21. The lowest BCUT2D eigenvalue weighted by atomic mass is 9.82. The number of benzene rings is 9. The second kappa shape index (κ2) is 13.0. The number of fused-ring (bicyclic) bond motifs is 7. The van der Waals surface area contributed by atoms with Crippen molar-refractivity contribution in [3.8, 4) is 39.1 Å². The van der Waals surface area contributed by atoms with Gasteiger partial charge in [-0.3, -0.25) is 0 Å². The van der Waals surface area contributed by atoms with Crippen LogP contribution in [-0.2, 0) is 5.41 Å². The van der Waals surface area contributed by atoms with Gasteiger partial charge in [0.2, 0.25) is 0 Å². The Hall–Kier alpha value is -7.16. The lowest BCUT2D eigenvalue weighted by Crippen LogP contribution is -2.17. The normalized spacial score (nSPS) is 12.9. The third-order valence-corrected chi connectivity index (χ3v) is 12.2. The average Bonchev–Trinajstić information content (AvgIpc) is 3.72. The van der Waals surface area contributed by atoms with E-state index in [9.17, 15) is 0 Å². The summed E-state index contributed by atoms with van der Waals surface area (Å²) in [7, 11) is 0. The average molecular weight is 729 g/mol. The van der Waals surface area contributed by atoms with Gasteiger partial charge < -0.3 is 9.47 Å². The first kappa shape index (κ1) is 33.2. The van der Waals surface area contributed by atoms with Crippen molar-refractivity contribution < 1.29 is 0 Å². The Balaban J connectivity index is 1.22. The maximum Gasteiger partial charge on any atom is 0.0562 e. The Labute approximate surface area is 333 Å². The van der Waals surface area contributed by atoms with Crippen LogP contribution in [0.25, 0.3) is 71.6 Å². The number of rotatable bonds is 6. The van der Waals surface area contributed by atoms with Crippen LogP contribution in [0.3, 0.4) is 0 Å². The van der Waals surface area contributed by atoms with Crippen LogP contribution in [0, 0.1) is 0 Å². The first-order chi connectivity index (χ1) is 28.1. The molecule has 270 valence electrons. The molecule has 2 nitrogen and oxygen atoms in total. The summed E-state index contributed by atoms with van der Waals surface area (Å²) >= 11 is 0. The van der Waals surface area contributed by atoms with Gasteiger partial charge in [-0.25, -0.2) is 0 Å². The zero-order valence-corrected chi connectivity index (χ0v) is 32.0. The Morgan fingerprint density at radius 1 is 0.404 bits per heavy atom. The number of para-hydroxylation sites is 2. The maximum absolute atomic E-state index is 2.50. The Morgan fingerprint density at radius 3 is 1.82 bits per heavy atom. The predicted molar refractivity (Wildman–Crippen MR) is 241 cm³/mol. The molecular weight excluding hydrogens is 689 g/mol. The van der Waals surface area contributed by atoms with E-state index >= 15 is 0 Å². The minimum absolute atomic E-state index is 0.142. The molecule has 0 saturated heterocycles. The van der Waals surface area contributed by atoms with Crippen LogP contribution in [0.2, 0.25) is 0 Å². The maximum atomic E-state index is 2.50. The quantitative estimate of drug-likeness (QED) is 0.165. The molecule has 0 unspecified atom stereocenters. The van der Waals surface area contributed by atoms with Crippen LogP contribution in [-0.4, -0.2) is 4.57 Å². The fraction of sp³-hybridized carbons (Fsp3) is 0.0545. The van der Waals surface area contributed by atoms with Gasteiger partial charge in [0, 0.05) is 38.7 Å². The molecule has 1 aromatic heterocycles. The minimum Gasteiger partial charge on any atom is -0.310 e. The number of nitrogens with zero attached hydrogens (tertiary/aromatic N) is 2. The highest BCUT2D eigenvalue weighted by Crippen LogP contribution is 2.52. The Morgan fingerprint density at radius 2 is 1.00 bits per heavy atom. The van der Waals surface area contributed by atoms with Crippen molar-refractivity contribution in [2.45, 2.75) is 19.3 Å². The van der Waals surface area contributed by atoms with Gasteiger partial charge in [0.1, 0.15) is 0 Å². The number of anilines is 3. The van der Waals surface area contributed by atoms with Gasteiger partial charge >= 0.3 is 0 Å². The van der Waals surface area contributed by atoms with Crippen LogP contribution in [0.4, 0.5) is 17.1 Å². The molecule has 0 aliphatic heterocycles. The highest BCUT2D eigenvalue weighted by Gasteiger charge is 2.36. The summed E-state index contributed by atoms with van der Waals surface area (Å²) in [4.78, 5) is 2.50. The molecule has 1 aliphatic carbocycles. The first-order valence-electron chi connectivity index (χ1n) is 19.9. The van der Waals surface area contributed by atoms with Crippen molar-refractivity contribution >= 4 is 49.6 Å². The topological polar surface area (TPSA) is 8.17 Å². The second-order valence-corrected chi connectivity index (χ2v) is 15.7. The molecule has 0 N–H and O–H groups in total. The van der Waals surface area contributed by atoms with E-state index in [1.165, 1.54) is 71.6 Å². The lowest BCUT2D eigenvalue weighted by Gasteiger charge is -2.30. The fourth-order valence-electron chi connectivity index (χ4n) is 9.50. The lowest BCUT2D eigenvalue weighted by molar-refractivity contribution is 0.660. The van der Waals surface area contributed by atoms with Gasteiger partial charge in [-0.05, 0) is 86.6 Å². The first-order valence-corrected chi connectivity index (χ1v) is 19.9. The van der Waals surface area contributed by atoms with Crippen molar-refractivity contribution in [3.63, 3.8) is 0 Å². The molecule has 0 spiro atoms. The van der Waals surface area contributed by atoms with Gasteiger partial charge in [0.05, 0.1) is 22.4 Å². The minimum atomic E-state index is -0.142. The number of aromatic nitrogens is 1. The number of hydrogen-bond donors (Lipinski definition) is 0. The molecule has 0 saturated carbocycles. The van der Waals surface area contributed by atoms with Crippen molar-refractivity contribution in [2.75, 3.05) is 4.90 Å². The van der Waals surface area contributed by atoms with Crippen LogP contribution in [0.1, 0.15) is 25.0 Å². The molecule has 0 radical (unpaired) electrons. The van der Waals surface area contributed by atoms with Crippen LogP contribution in [0.15, 0.2) is 206 Å². The van der Waals surface area contributed by atoms with Crippen molar-refractivity contribution in [1.82, 2.24) is 4.57 Å². The molecule has 10 aromatic rings. The molecule has 0 bridgehead atoms. The van der Waals surface area contributed by atoms with Crippen molar-refractivity contribution in [2.24, 2.45) is 0 Å². The van der Waals surface area contributed by atoms with Crippen LogP contribution < -0.4 is 4.90 Å². The molecule has 11 rings (SSSR count). The van der Waals surface area contributed by atoms with E-state index in [-0.39, 0.29) is 5.41 Å². The van der Waals surface area contributed by atoms with Gasteiger partial charge in [0.15, 0.2) is 0 Å². The number of hydrogen-bond acceptors (Lipinski definition) is 1. The summed E-state index contributed by atoms with van der Waals surface area (Å²) in [6.45, 7) is 4.73. The summed E-state index contributed by atoms with van der Waals surface area (Å²) in [5, 5.41) is 4.91. The molecule has 0 amide bonds. The zero-order chi connectivity index (χ0) is 38.1. The van der Waals surface area contributed by atoms with E-state index in [0.29, 0.717) is 0 Å². The highest BCUT2D eigenvalue weighted by atomic mass is 15.1. The zero-order valence-electron chi connectivity index (χ0n) is 32.0. The summed E-state index contributed by atoms with van der Waals surface area (Å²) in [5.74, 6) is 0. The highest BCUT2D eigenvalue weighted by molar-refractivity contribution is 6.12. The van der Waals surface area contributed by atoms with Gasteiger partial charge in [-0.1, -0.05) is 178 Å². The Bertz CT molecular complexity index is 3150. The molecule has 1 heterocycles. The summed E-state index contributed by atoms with van der Waals surface area (Å²) in [5.41, 5.74) is 16.9. The van der Waals surface area contributed by atoms with E-state index in [2.05, 4.69) is 230 Å². The molecular formula is C55H40N2. The smallest absolute Gasteiger partial charge is 0.0562 e. The fourth-order valence-corrected chi connectivity index (χ4v) is 9.50. The van der Waals surface area contributed by atoms with Crippen LogP contribution in [0.5, 0.6) is 0 Å². The third-order valence-electron chi connectivity index (χ3n) is 12.2. The Kier molecular flexibility index (Phi) is 7.55. The summed E-state index contributed by atoms with van der Waals surface area (Å²) in [6, 6.07) is 75.7. The van der Waals surface area contributed by atoms with Gasteiger partial charge in [-0.2, -0.15) is 0 Å². The van der Waals surface area contributed by atoms with Crippen LogP contribution >= 0.6 is 0 Å². The molecule has 1 aliphatic rings. The molecule has 57 heavy (non-hydrogen) atoms. The van der Waals surface area contributed by atoms with Crippen molar-refractivity contribution in [3.05, 3.63) is 217 Å². The molecule has 0 fully saturated rings. The van der Waals surface area contributed by atoms with Gasteiger partial charge in [-0.15, -0.1) is 0 Å². The summed E-state index contributed by atoms with van der Waals surface area (Å²) in [6.07, 6.45) is 0. The standard InChI is InChI=1S/C55H40N2/c1-55(2)48-26-14-11-24-44(48)45-32-30-40(35-49(45)55)56(52-34-29-38-19-9-10-23-43(38)54(52)39-20-7-4-8-21-39)41-31-33-47-46-25-13-16-28-51(46)57(53(47)36-41)50-27-15-12-22-42(50)37-17-5-3-6-18-37/h3-36H,1-2H3. The van der Waals surface area contributed by atoms with Crippen molar-refractivity contribution in [1.29, 1.82) is 0 Å². The van der Waals surface area contributed by atoms with Gasteiger partial charge in [0.25, 0.3) is 0 Å². The van der Waals surface area contributed by atoms with E-state index in [4.69, 9.17) is 0 Å². The molecule has 0 atom stereocenters. The molecule has 9 aromatic carbocycles. The van der Waals surface area contributed by atoms with E-state index in [1.54, 1.807) is 0 Å². The van der Waals surface area contributed by atoms with E-state index < -0.39 is 0 Å². The predicted octanol–water partition coefficient (Wildman–Crippen LogP) is 15.0. The monoisotopic (exact) mass is 728 g/mol. The largest absolute Gasteiger partial charge is 0.310 e. The van der Waals surface area contributed by atoms with E-state index in [0.717, 1.165) is 28.3 Å². The van der Waals surface area contributed by atoms with E-state index in [1.807, 2.05) is 0 Å².